The van der Waals surface area contributed by atoms with Crippen LogP contribution in [-0.2, 0) is 16.5 Å². The molecule has 0 atom stereocenters. The van der Waals surface area contributed by atoms with Crippen molar-refractivity contribution in [2.75, 3.05) is 0 Å². The summed E-state index contributed by atoms with van der Waals surface area (Å²) in [4.78, 5) is -0.233. The van der Waals surface area contributed by atoms with Crippen LogP contribution in [0.2, 0.25) is 0 Å². The van der Waals surface area contributed by atoms with Gasteiger partial charge in [0.2, 0.25) is 0 Å². The molecular weight excluding hydrogens is 359 g/mol. The van der Waals surface area contributed by atoms with E-state index in [-0.39, 0.29) is 34.5 Å². The molecule has 0 aliphatic rings. The van der Waals surface area contributed by atoms with E-state index < -0.39 is 15.9 Å². The maximum absolute atomic E-state index is 11.3. The number of hydrogen-bond donors (Lipinski definition) is 1. The first-order valence-corrected chi connectivity index (χ1v) is 11.2. The fourth-order valence-electron chi connectivity index (χ4n) is 3.14. The van der Waals surface area contributed by atoms with Gasteiger partial charge < -0.3 is 5.11 Å². The molecule has 0 heterocycles. The summed E-state index contributed by atoms with van der Waals surface area (Å²) >= 11 is 0. The summed E-state index contributed by atoms with van der Waals surface area (Å²) < 4.78 is 31.9. The second-order valence-corrected chi connectivity index (χ2v) is 8.27. The molecule has 1 rings (SSSR count). The molecule has 1 aromatic rings. The Labute approximate surface area is 181 Å². The number of aryl methyl sites for hydroxylation is 1. The molecular formula is C20H33NaO4S. The molecule has 0 saturated heterocycles. The van der Waals surface area contributed by atoms with Gasteiger partial charge >= 0.3 is 29.6 Å². The smallest absolute Gasteiger partial charge is 0.872 e. The molecule has 0 aliphatic heterocycles. The zero-order valence-corrected chi connectivity index (χ0v) is 19.3. The maximum Gasteiger partial charge on any atom is 1.00 e. The number of hydrogen-bond acceptors (Lipinski definition) is 3. The average Bonchev–Trinajstić information content (AvgIpc) is 2.56. The Morgan fingerprint density at radius 2 is 1.31 bits per heavy atom. The molecule has 0 radical (unpaired) electrons. The Kier molecular flexibility index (Phi) is 14.9. The molecule has 4 nitrogen and oxygen atoms in total. The van der Waals surface area contributed by atoms with E-state index in [1.54, 1.807) is 0 Å². The second kappa shape index (κ2) is 14.9. The molecule has 0 bridgehead atoms. The first-order valence-electron chi connectivity index (χ1n) is 9.72. The van der Waals surface area contributed by atoms with Gasteiger partial charge in [0.15, 0.2) is 0 Å². The Morgan fingerprint density at radius 3 is 1.77 bits per heavy atom. The van der Waals surface area contributed by atoms with Crippen molar-refractivity contribution in [2.24, 2.45) is 0 Å². The molecule has 0 aliphatic carbocycles. The Balaban J connectivity index is 0.00000625. The van der Waals surface area contributed by atoms with E-state index in [1.165, 1.54) is 69.9 Å². The third kappa shape index (κ3) is 11.6. The molecule has 0 unspecified atom stereocenters. The minimum atomic E-state index is -4.32. The molecule has 0 aromatic heterocycles. The van der Waals surface area contributed by atoms with Crippen LogP contribution in [0.4, 0.5) is 0 Å². The standard InChI is InChI=1S/C20H34O4S.Na/c1-2-3-4-5-6-7-8-9-10-11-12-13-14-18-15-16-19(21)17-20(18)25(22,23)24;/h15-17,21H,2-14H2,1H3,(H,22,23,24);/q;+1/p-1. The van der Waals surface area contributed by atoms with E-state index in [1.807, 2.05) is 0 Å². The van der Waals surface area contributed by atoms with Crippen LogP contribution in [0.5, 0.6) is 5.75 Å². The normalized spacial score (nSPS) is 11.3. The van der Waals surface area contributed by atoms with Crippen molar-refractivity contribution < 1.29 is 47.6 Å². The van der Waals surface area contributed by atoms with Gasteiger partial charge in [-0.1, -0.05) is 89.7 Å². The van der Waals surface area contributed by atoms with Gasteiger partial charge in [0.25, 0.3) is 10.1 Å². The Hall–Kier alpha value is -0.0700. The summed E-state index contributed by atoms with van der Waals surface area (Å²) in [5, 5.41) is 11.3. The van der Waals surface area contributed by atoms with Crippen LogP contribution in [0, 0.1) is 0 Å². The minimum Gasteiger partial charge on any atom is -0.872 e. The van der Waals surface area contributed by atoms with Gasteiger partial charge in [0.05, 0.1) is 4.90 Å². The predicted molar refractivity (Wildman–Crippen MR) is 100 cm³/mol. The van der Waals surface area contributed by atoms with Crippen molar-refractivity contribution in [3.8, 4) is 5.75 Å². The van der Waals surface area contributed by atoms with E-state index in [2.05, 4.69) is 6.92 Å². The SMILES string of the molecule is CCCCCCCCCCCCCCc1ccc([O-])cc1S(=O)(=O)O.[Na+]. The molecule has 6 heteroatoms. The third-order valence-electron chi connectivity index (χ3n) is 4.62. The summed E-state index contributed by atoms with van der Waals surface area (Å²) in [5.74, 6) is -0.397. The zero-order valence-electron chi connectivity index (χ0n) is 16.5. The molecule has 1 aromatic carbocycles. The van der Waals surface area contributed by atoms with Gasteiger partial charge in [0, 0.05) is 0 Å². The molecule has 144 valence electrons. The van der Waals surface area contributed by atoms with Crippen molar-refractivity contribution in [1.82, 2.24) is 0 Å². The molecule has 0 fully saturated rings. The fraction of sp³-hybridized carbons (Fsp3) is 0.700. The first-order chi connectivity index (χ1) is 11.9. The second-order valence-electron chi connectivity index (χ2n) is 6.88. The Bertz CT molecular complexity index is 587. The summed E-state index contributed by atoms with van der Waals surface area (Å²) in [5.41, 5.74) is 0.536. The van der Waals surface area contributed by atoms with Crippen LogP contribution >= 0.6 is 0 Å². The van der Waals surface area contributed by atoms with E-state index in [4.69, 9.17) is 0 Å². The summed E-state index contributed by atoms with van der Waals surface area (Å²) in [6, 6.07) is 3.87. The predicted octanol–water partition coefficient (Wildman–Crippen LogP) is 2.25. The molecule has 0 amide bonds. The number of rotatable bonds is 14. The minimum absolute atomic E-state index is 0. The molecule has 0 spiro atoms. The van der Waals surface area contributed by atoms with E-state index in [9.17, 15) is 18.1 Å². The monoisotopic (exact) mass is 392 g/mol. The van der Waals surface area contributed by atoms with Crippen LogP contribution < -0.4 is 34.7 Å². The van der Waals surface area contributed by atoms with Gasteiger partial charge in [-0.15, -0.1) is 5.75 Å². The van der Waals surface area contributed by atoms with Crippen molar-refractivity contribution in [2.45, 2.75) is 95.3 Å². The van der Waals surface area contributed by atoms with Crippen LogP contribution in [0.15, 0.2) is 23.1 Å². The molecule has 26 heavy (non-hydrogen) atoms. The summed E-state index contributed by atoms with van der Waals surface area (Å²) in [6.07, 6.45) is 15.5. The largest absolute Gasteiger partial charge is 1.00 e. The maximum atomic E-state index is 11.3. The van der Waals surface area contributed by atoms with Gasteiger partial charge in [-0.3, -0.25) is 4.55 Å². The van der Waals surface area contributed by atoms with Gasteiger partial charge in [-0.25, -0.2) is 0 Å². The van der Waals surface area contributed by atoms with Crippen molar-refractivity contribution >= 4 is 10.1 Å². The van der Waals surface area contributed by atoms with Gasteiger partial charge in [-0.2, -0.15) is 8.42 Å². The fourth-order valence-corrected chi connectivity index (χ4v) is 3.90. The van der Waals surface area contributed by atoms with E-state index in [0.717, 1.165) is 25.3 Å². The molecule has 0 saturated carbocycles. The molecule has 1 N–H and O–H groups in total. The topological polar surface area (TPSA) is 77.4 Å². The van der Waals surface area contributed by atoms with Crippen LogP contribution in [0.25, 0.3) is 0 Å². The van der Waals surface area contributed by atoms with E-state index in [0.29, 0.717) is 12.0 Å². The van der Waals surface area contributed by atoms with Crippen LogP contribution in [0.1, 0.15) is 89.5 Å². The van der Waals surface area contributed by atoms with Crippen LogP contribution in [-0.4, -0.2) is 13.0 Å². The quantitative estimate of drug-likeness (QED) is 0.299. The van der Waals surface area contributed by atoms with Crippen molar-refractivity contribution in [3.63, 3.8) is 0 Å². The summed E-state index contributed by atoms with van der Waals surface area (Å²) in [7, 11) is -4.32. The Morgan fingerprint density at radius 1 is 0.846 bits per heavy atom. The van der Waals surface area contributed by atoms with E-state index >= 15 is 0 Å². The van der Waals surface area contributed by atoms with Gasteiger partial charge in [0.1, 0.15) is 0 Å². The average molecular weight is 393 g/mol. The number of benzene rings is 1. The van der Waals surface area contributed by atoms with Crippen molar-refractivity contribution in [1.29, 1.82) is 0 Å². The zero-order chi connectivity index (χ0) is 18.5. The van der Waals surface area contributed by atoms with Crippen molar-refractivity contribution in [3.05, 3.63) is 23.8 Å². The van der Waals surface area contributed by atoms with Gasteiger partial charge in [-0.05, 0) is 24.5 Å². The van der Waals surface area contributed by atoms with Crippen LogP contribution in [0.3, 0.4) is 0 Å². The number of unbranched alkanes of at least 4 members (excludes halogenated alkanes) is 11. The summed E-state index contributed by atoms with van der Waals surface area (Å²) in [6.45, 7) is 2.24. The first kappa shape index (κ1) is 25.9. The third-order valence-corrected chi connectivity index (χ3v) is 5.55.